The van der Waals surface area contributed by atoms with E-state index in [1.165, 1.54) is 19.1 Å². The first-order chi connectivity index (χ1) is 12.0. The average molecular weight is 385 g/mol. The van der Waals surface area contributed by atoms with Crippen LogP contribution in [0.1, 0.15) is 18.9 Å². The molecule has 1 aromatic carbocycles. The summed E-state index contributed by atoms with van der Waals surface area (Å²) >= 11 is 11.4. The summed E-state index contributed by atoms with van der Waals surface area (Å²) in [6.45, 7) is 3.69. The first-order valence-electron chi connectivity index (χ1n) is 7.85. The third-order valence-corrected chi connectivity index (χ3v) is 4.21. The van der Waals surface area contributed by atoms with Crippen molar-refractivity contribution >= 4 is 40.9 Å². The predicted octanol–water partition coefficient (Wildman–Crippen LogP) is 2.84. The van der Waals surface area contributed by atoms with Crippen LogP contribution < -0.4 is 14.8 Å². The van der Waals surface area contributed by atoms with E-state index in [2.05, 4.69) is 5.32 Å². The highest BCUT2D eigenvalue weighted by Crippen LogP contribution is 2.36. The van der Waals surface area contributed by atoms with Crippen LogP contribution in [0.25, 0.3) is 6.08 Å². The topological polar surface area (TPSA) is 60.0 Å². The second kappa shape index (κ2) is 9.03. The van der Waals surface area contributed by atoms with E-state index in [1.54, 1.807) is 18.2 Å². The van der Waals surface area contributed by atoms with Crippen molar-refractivity contribution in [1.82, 2.24) is 10.2 Å². The van der Waals surface area contributed by atoms with Crippen molar-refractivity contribution in [1.29, 1.82) is 0 Å². The van der Waals surface area contributed by atoms with Crippen LogP contribution in [-0.4, -0.2) is 49.9 Å². The van der Waals surface area contributed by atoms with Crippen molar-refractivity contribution in [3.05, 3.63) is 28.4 Å². The van der Waals surface area contributed by atoms with Crippen molar-refractivity contribution in [3.63, 3.8) is 0 Å². The summed E-state index contributed by atoms with van der Waals surface area (Å²) in [5, 5.41) is 3.73. The molecule has 8 heteroatoms. The Kier molecular flexibility index (Phi) is 7.04. The number of hydrogen-bond donors (Lipinski definition) is 1. The number of benzene rings is 1. The lowest BCUT2D eigenvalue weighted by molar-refractivity contribution is -0.122. The summed E-state index contributed by atoms with van der Waals surface area (Å²) in [4.78, 5) is 14.1. The summed E-state index contributed by atoms with van der Waals surface area (Å²) in [5.74, 6) is 0.765. The fraction of sp³-hybridized carbons (Fsp3) is 0.412. The molecule has 0 radical (unpaired) electrons. The van der Waals surface area contributed by atoms with E-state index in [0.717, 1.165) is 6.42 Å². The van der Waals surface area contributed by atoms with Crippen LogP contribution in [-0.2, 0) is 9.53 Å². The molecule has 25 heavy (non-hydrogen) atoms. The maximum atomic E-state index is 12.5. The zero-order valence-electron chi connectivity index (χ0n) is 14.4. The smallest absolute Gasteiger partial charge is 0.276 e. The van der Waals surface area contributed by atoms with Crippen molar-refractivity contribution in [3.8, 4) is 11.5 Å². The monoisotopic (exact) mass is 384 g/mol. The van der Waals surface area contributed by atoms with Gasteiger partial charge in [-0.05, 0) is 49.3 Å². The molecule has 136 valence electrons. The molecule has 1 amide bonds. The van der Waals surface area contributed by atoms with E-state index in [1.807, 2.05) is 6.92 Å². The Morgan fingerprint density at radius 2 is 2.08 bits per heavy atom. The normalized spacial score (nSPS) is 15.7. The molecule has 1 aliphatic rings. The molecule has 0 aromatic heterocycles. The number of halogens is 1. The number of carbonyl (C=O) groups is 1. The minimum Gasteiger partial charge on any atom is -0.493 e. The lowest BCUT2D eigenvalue weighted by Crippen LogP contribution is -2.32. The number of thiocarbonyl (C=S) groups is 1. The van der Waals surface area contributed by atoms with Crippen LogP contribution in [0.4, 0.5) is 0 Å². The fourth-order valence-corrected chi connectivity index (χ4v) is 3.01. The van der Waals surface area contributed by atoms with Crippen molar-refractivity contribution in [2.45, 2.75) is 13.3 Å². The summed E-state index contributed by atoms with van der Waals surface area (Å²) in [7, 11) is 3.04. The van der Waals surface area contributed by atoms with Crippen LogP contribution in [0.3, 0.4) is 0 Å². The van der Waals surface area contributed by atoms with Gasteiger partial charge < -0.3 is 19.5 Å². The van der Waals surface area contributed by atoms with Gasteiger partial charge in [-0.2, -0.15) is 0 Å². The maximum Gasteiger partial charge on any atom is 0.276 e. The largest absolute Gasteiger partial charge is 0.493 e. The van der Waals surface area contributed by atoms with Crippen molar-refractivity contribution < 1.29 is 19.0 Å². The zero-order valence-corrected chi connectivity index (χ0v) is 16.0. The highest BCUT2D eigenvalue weighted by molar-refractivity contribution is 7.80. The van der Waals surface area contributed by atoms with Gasteiger partial charge in [-0.25, -0.2) is 0 Å². The van der Waals surface area contributed by atoms with Gasteiger partial charge in [-0.3, -0.25) is 9.69 Å². The zero-order chi connectivity index (χ0) is 18.4. The highest BCUT2D eigenvalue weighted by atomic mass is 35.5. The Balaban J connectivity index is 2.17. The lowest BCUT2D eigenvalue weighted by atomic mass is 10.1. The predicted molar refractivity (Wildman–Crippen MR) is 101 cm³/mol. The molecule has 0 bridgehead atoms. The standard InChI is InChI=1S/C17H21ClN2O4S/c1-4-24-7-5-6-20-16(21)13(19-17(20)25)9-11-8-12(18)15(23-3)14(10-11)22-2/h8-10H,4-7H2,1-3H3,(H,19,25)/b13-9-. The number of carbonyl (C=O) groups excluding carboxylic acids is 1. The molecule has 6 nitrogen and oxygen atoms in total. The quantitative estimate of drug-likeness (QED) is 0.422. The Morgan fingerprint density at radius 3 is 2.72 bits per heavy atom. The van der Waals surface area contributed by atoms with Crippen LogP contribution >= 0.6 is 23.8 Å². The number of rotatable bonds is 8. The van der Waals surface area contributed by atoms with E-state index in [0.29, 0.717) is 52.7 Å². The summed E-state index contributed by atoms with van der Waals surface area (Å²) in [6, 6.07) is 3.44. The van der Waals surface area contributed by atoms with Gasteiger partial charge in [0, 0.05) is 19.8 Å². The van der Waals surface area contributed by atoms with E-state index in [9.17, 15) is 4.79 Å². The van der Waals surface area contributed by atoms with E-state index in [4.69, 9.17) is 38.0 Å². The molecule has 0 aliphatic carbocycles. The summed E-state index contributed by atoms with van der Waals surface area (Å²) in [5.41, 5.74) is 1.10. The molecule has 1 saturated heterocycles. The number of nitrogens with one attached hydrogen (secondary N) is 1. The molecule has 0 unspecified atom stereocenters. The first kappa shape index (κ1) is 19.5. The van der Waals surface area contributed by atoms with Gasteiger partial charge in [0.2, 0.25) is 0 Å². The molecule has 1 N–H and O–H groups in total. The molecule has 0 spiro atoms. The molecular weight excluding hydrogens is 364 g/mol. The number of amides is 1. The SMILES string of the molecule is CCOCCCN1C(=O)/C(=C/c2cc(Cl)c(OC)c(OC)c2)NC1=S. The molecule has 1 aromatic rings. The van der Waals surface area contributed by atoms with E-state index < -0.39 is 0 Å². The molecular formula is C17H21ClN2O4S. The molecule has 1 fully saturated rings. The second-order valence-electron chi connectivity index (χ2n) is 5.23. The Hall–Kier alpha value is -1.83. The number of methoxy groups -OCH3 is 2. The maximum absolute atomic E-state index is 12.5. The minimum atomic E-state index is -0.174. The van der Waals surface area contributed by atoms with E-state index in [-0.39, 0.29) is 5.91 Å². The number of hydrogen-bond acceptors (Lipinski definition) is 5. The first-order valence-corrected chi connectivity index (χ1v) is 8.64. The van der Waals surface area contributed by atoms with Gasteiger partial charge in [0.05, 0.1) is 19.2 Å². The molecule has 1 aliphatic heterocycles. The lowest BCUT2D eigenvalue weighted by Gasteiger charge is -2.13. The Morgan fingerprint density at radius 1 is 1.32 bits per heavy atom. The summed E-state index contributed by atoms with van der Waals surface area (Å²) < 4.78 is 15.8. The molecule has 2 rings (SSSR count). The van der Waals surface area contributed by atoms with Crippen LogP contribution in [0.2, 0.25) is 5.02 Å². The van der Waals surface area contributed by atoms with Crippen LogP contribution in [0.15, 0.2) is 17.8 Å². The molecule has 0 atom stereocenters. The van der Waals surface area contributed by atoms with Crippen molar-refractivity contribution in [2.75, 3.05) is 34.0 Å². The van der Waals surface area contributed by atoms with Gasteiger partial charge >= 0.3 is 0 Å². The highest BCUT2D eigenvalue weighted by Gasteiger charge is 2.30. The van der Waals surface area contributed by atoms with Gasteiger partial charge in [-0.1, -0.05) is 11.6 Å². The fourth-order valence-electron chi connectivity index (χ4n) is 2.43. The van der Waals surface area contributed by atoms with Crippen molar-refractivity contribution in [2.24, 2.45) is 0 Å². The number of nitrogens with zero attached hydrogens (tertiary/aromatic N) is 1. The second-order valence-corrected chi connectivity index (χ2v) is 6.03. The van der Waals surface area contributed by atoms with Gasteiger partial charge in [-0.15, -0.1) is 0 Å². The Bertz CT molecular complexity index is 693. The van der Waals surface area contributed by atoms with Gasteiger partial charge in [0.15, 0.2) is 16.6 Å². The number of ether oxygens (including phenoxy) is 3. The third kappa shape index (κ3) is 4.62. The van der Waals surface area contributed by atoms with Crippen LogP contribution in [0.5, 0.6) is 11.5 Å². The summed E-state index contributed by atoms with van der Waals surface area (Å²) in [6.07, 6.45) is 2.40. The van der Waals surface area contributed by atoms with Gasteiger partial charge in [0.1, 0.15) is 5.70 Å². The molecule has 0 saturated carbocycles. The van der Waals surface area contributed by atoms with Gasteiger partial charge in [0.25, 0.3) is 5.91 Å². The average Bonchev–Trinajstić information content (AvgIpc) is 2.85. The Labute approximate surface area is 157 Å². The van der Waals surface area contributed by atoms with E-state index >= 15 is 0 Å². The third-order valence-electron chi connectivity index (χ3n) is 3.60. The minimum absolute atomic E-state index is 0.174. The molecule has 1 heterocycles. The van der Waals surface area contributed by atoms with Crippen LogP contribution in [0, 0.1) is 0 Å².